The quantitative estimate of drug-likeness (QED) is 0.644. The zero-order chi connectivity index (χ0) is 15.9. The van der Waals surface area contributed by atoms with Gasteiger partial charge in [-0.25, -0.2) is 5.43 Å². The van der Waals surface area contributed by atoms with Gasteiger partial charge in [0.05, 0.1) is 11.2 Å². The van der Waals surface area contributed by atoms with Crippen LogP contribution in [-0.2, 0) is 11.2 Å². The van der Waals surface area contributed by atoms with Crippen LogP contribution in [0.2, 0.25) is 10.0 Å². The fourth-order valence-electron chi connectivity index (χ4n) is 1.82. The molecular weight excluding hydrogens is 323 g/mol. The van der Waals surface area contributed by atoms with Crippen LogP contribution in [0.15, 0.2) is 47.6 Å². The number of carbonyl (C=O) groups excluding carboxylic acids is 1. The molecule has 6 heteroatoms. The number of nitrogens with zero attached hydrogens (tertiary/aromatic N) is 1. The highest BCUT2D eigenvalue weighted by atomic mass is 35.5. The summed E-state index contributed by atoms with van der Waals surface area (Å²) in [6.45, 7) is 0. The third kappa shape index (κ3) is 4.76. The molecule has 0 atom stereocenters. The molecule has 0 saturated carbocycles. The highest BCUT2D eigenvalue weighted by Crippen LogP contribution is 2.29. The molecule has 0 aliphatic heterocycles. The van der Waals surface area contributed by atoms with Gasteiger partial charge in [0, 0.05) is 17.0 Å². The number of carbonyl (C=O) groups is 1. The molecule has 22 heavy (non-hydrogen) atoms. The molecule has 0 heterocycles. The van der Waals surface area contributed by atoms with Crippen molar-refractivity contribution in [1.82, 2.24) is 5.43 Å². The van der Waals surface area contributed by atoms with Crippen molar-refractivity contribution in [3.63, 3.8) is 0 Å². The number of amides is 1. The van der Waals surface area contributed by atoms with Gasteiger partial charge >= 0.3 is 0 Å². The number of hydrazone groups is 1. The number of benzene rings is 2. The molecule has 2 aromatic carbocycles. The summed E-state index contributed by atoms with van der Waals surface area (Å²) < 4.78 is 0. The van der Waals surface area contributed by atoms with E-state index in [9.17, 15) is 9.90 Å². The van der Waals surface area contributed by atoms with Crippen molar-refractivity contribution >= 4 is 35.3 Å². The van der Waals surface area contributed by atoms with Gasteiger partial charge in [0.15, 0.2) is 0 Å². The van der Waals surface area contributed by atoms with Crippen LogP contribution < -0.4 is 5.43 Å². The first-order valence-corrected chi connectivity index (χ1v) is 7.35. The van der Waals surface area contributed by atoms with E-state index in [-0.39, 0.29) is 16.7 Å². The number of aromatic hydroxyl groups is 1. The number of phenols is 1. The van der Waals surface area contributed by atoms with E-state index >= 15 is 0 Å². The topological polar surface area (TPSA) is 61.7 Å². The predicted octanol–water partition coefficient (Wildman–Crippen LogP) is 3.78. The molecule has 0 radical (unpaired) electrons. The molecule has 0 spiro atoms. The van der Waals surface area contributed by atoms with Crippen molar-refractivity contribution in [3.8, 4) is 5.75 Å². The lowest BCUT2D eigenvalue weighted by Gasteiger charge is -2.03. The Balaban J connectivity index is 1.88. The van der Waals surface area contributed by atoms with E-state index in [1.165, 1.54) is 18.3 Å². The summed E-state index contributed by atoms with van der Waals surface area (Å²) >= 11 is 11.6. The predicted molar refractivity (Wildman–Crippen MR) is 88.6 cm³/mol. The lowest BCUT2D eigenvalue weighted by molar-refractivity contribution is -0.121. The molecule has 1 amide bonds. The number of halogens is 2. The summed E-state index contributed by atoms with van der Waals surface area (Å²) in [5.74, 6) is -0.346. The second-order valence-corrected chi connectivity index (χ2v) is 5.45. The normalized spacial score (nSPS) is 10.8. The van der Waals surface area contributed by atoms with Gasteiger partial charge in [-0.1, -0.05) is 53.5 Å². The first-order chi connectivity index (χ1) is 10.6. The summed E-state index contributed by atoms with van der Waals surface area (Å²) in [6.07, 6.45) is 2.26. The van der Waals surface area contributed by atoms with Gasteiger partial charge in [0.25, 0.3) is 0 Å². The third-order valence-electron chi connectivity index (χ3n) is 2.93. The lowest BCUT2D eigenvalue weighted by Crippen LogP contribution is -2.17. The van der Waals surface area contributed by atoms with Gasteiger partial charge < -0.3 is 5.11 Å². The molecule has 114 valence electrons. The first-order valence-electron chi connectivity index (χ1n) is 6.60. The summed E-state index contributed by atoms with van der Waals surface area (Å²) in [4.78, 5) is 11.7. The summed E-state index contributed by atoms with van der Waals surface area (Å²) in [5.41, 5.74) is 3.82. The zero-order valence-corrected chi connectivity index (χ0v) is 13.1. The Morgan fingerprint density at radius 3 is 2.68 bits per heavy atom. The average molecular weight is 337 g/mol. The summed E-state index contributed by atoms with van der Waals surface area (Å²) in [6, 6.07) is 12.6. The Hall–Kier alpha value is -2.04. The number of nitrogens with one attached hydrogen (secondary N) is 1. The molecule has 0 saturated heterocycles. The maximum atomic E-state index is 11.7. The molecule has 0 aromatic heterocycles. The number of phenolic OH excluding ortho intramolecular Hbond substituents is 1. The smallest absolute Gasteiger partial charge is 0.240 e. The number of hydrogen-bond donors (Lipinski definition) is 2. The SMILES string of the molecule is O=C(CCc1ccccc1)N/N=C/c1cc(Cl)cc(Cl)c1O. The Kier molecular flexibility index (Phi) is 5.81. The molecule has 0 fully saturated rings. The van der Waals surface area contributed by atoms with Gasteiger partial charge in [-0.05, 0) is 24.1 Å². The molecule has 2 aromatic rings. The second-order valence-electron chi connectivity index (χ2n) is 4.60. The highest BCUT2D eigenvalue weighted by Gasteiger charge is 2.06. The van der Waals surface area contributed by atoms with Crippen LogP contribution in [0.25, 0.3) is 0 Å². The maximum absolute atomic E-state index is 11.7. The number of aryl methyl sites for hydroxylation is 1. The molecule has 0 unspecified atom stereocenters. The summed E-state index contributed by atoms with van der Waals surface area (Å²) in [7, 11) is 0. The molecule has 2 rings (SSSR count). The van der Waals surface area contributed by atoms with Crippen molar-refractivity contribution in [2.75, 3.05) is 0 Å². The fourth-order valence-corrected chi connectivity index (χ4v) is 2.33. The van der Waals surface area contributed by atoms with Gasteiger partial charge in [-0.3, -0.25) is 4.79 Å². The van der Waals surface area contributed by atoms with E-state index < -0.39 is 0 Å². The Morgan fingerprint density at radius 2 is 1.95 bits per heavy atom. The van der Waals surface area contributed by atoms with Crippen molar-refractivity contribution in [2.45, 2.75) is 12.8 Å². The molecule has 0 aliphatic carbocycles. The van der Waals surface area contributed by atoms with Crippen LogP contribution in [0, 0.1) is 0 Å². The van der Waals surface area contributed by atoms with Crippen LogP contribution in [0.1, 0.15) is 17.5 Å². The minimum absolute atomic E-state index is 0.129. The van der Waals surface area contributed by atoms with Gasteiger partial charge in [0.2, 0.25) is 5.91 Å². The van der Waals surface area contributed by atoms with E-state index in [0.717, 1.165) is 5.56 Å². The van der Waals surface area contributed by atoms with Crippen molar-refractivity contribution in [2.24, 2.45) is 5.10 Å². The van der Waals surface area contributed by atoms with Crippen molar-refractivity contribution in [1.29, 1.82) is 0 Å². The van der Waals surface area contributed by atoms with Crippen LogP contribution in [0.5, 0.6) is 5.75 Å². The van der Waals surface area contributed by atoms with E-state index in [4.69, 9.17) is 23.2 Å². The first kappa shape index (κ1) is 16.3. The van der Waals surface area contributed by atoms with Crippen molar-refractivity contribution in [3.05, 3.63) is 63.6 Å². The Morgan fingerprint density at radius 1 is 1.23 bits per heavy atom. The average Bonchev–Trinajstić information content (AvgIpc) is 2.51. The van der Waals surface area contributed by atoms with Crippen LogP contribution in [0.3, 0.4) is 0 Å². The van der Waals surface area contributed by atoms with Crippen molar-refractivity contribution < 1.29 is 9.90 Å². The van der Waals surface area contributed by atoms with Crippen LogP contribution in [-0.4, -0.2) is 17.2 Å². The van der Waals surface area contributed by atoms with Gasteiger partial charge in [0.1, 0.15) is 5.75 Å². The zero-order valence-electron chi connectivity index (χ0n) is 11.6. The number of hydrogen-bond acceptors (Lipinski definition) is 3. The van der Waals surface area contributed by atoms with Gasteiger partial charge in [-0.15, -0.1) is 0 Å². The molecular formula is C16H14Cl2N2O2. The van der Waals surface area contributed by atoms with Crippen LogP contribution in [0.4, 0.5) is 0 Å². The number of rotatable bonds is 5. The molecule has 2 N–H and O–H groups in total. The van der Waals surface area contributed by atoms with E-state index in [1.807, 2.05) is 30.3 Å². The monoisotopic (exact) mass is 336 g/mol. The Labute approximate surface area is 138 Å². The van der Waals surface area contributed by atoms with E-state index in [2.05, 4.69) is 10.5 Å². The highest BCUT2D eigenvalue weighted by molar-refractivity contribution is 6.36. The summed E-state index contributed by atoms with van der Waals surface area (Å²) in [5, 5.41) is 14.0. The largest absolute Gasteiger partial charge is 0.506 e. The third-order valence-corrected chi connectivity index (χ3v) is 3.44. The Bertz CT molecular complexity index is 688. The molecule has 0 bridgehead atoms. The van der Waals surface area contributed by atoms with Crippen LogP contribution >= 0.6 is 23.2 Å². The standard InChI is InChI=1S/C16H14Cl2N2O2/c17-13-8-12(16(22)14(18)9-13)10-19-20-15(21)7-6-11-4-2-1-3-5-11/h1-5,8-10,22H,6-7H2,(H,20,21)/b19-10+. The minimum atomic E-state index is -0.215. The van der Waals surface area contributed by atoms with E-state index in [1.54, 1.807) is 0 Å². The van der Waals surface area contributed by atoms with E-state index in [0.29, 0.717) is 23.4 Å². The maximum Gasteiger partial charge on any atom is 0.240 e. The molecule has 0 aliphatic rings. The van der Waals surface area contributed by atoms with Gasteiger partial charge in [-0.2, -0.15) is 5.10 Å². The minimum Gasteiger partial charge on any atom is -0.506 e. The molecule has 4 nitrogen and oxygen atoms in total. The lowest BCUT2D eigenvalue weighted by atomic mass is 10.1. The second kappa shape index (κ2) is 7.82. The fraction of sp³-hybridized carbons (Fsp3) is 0.125.